The van der Waals surface area contributed by atoms with Crippen molar-refractivity contribution in [2.24, 2.45) is 5.92 Å². The van der Waals surface area contributed by atoms with Crippen molar-refractivity contribution in [3.8, 4) is 0 Å². The molecule has 0 bridgehead atoms. The van der Waals surface area contributed by atoms with Gasteiger partial charge in [0.05, 0.1) is 5.52 Å². The third kappa shape index (κ3) is 4.04. The fourth-order valence-corrected chi connectivity index (χ4v) is 4.32. The maximum absolute atomic E-state index is 12.7. The van der Waals surface area contributed by atoms with Gasteiger partial charge in [-0.1, -0.05) is 46.3 Å². The Morgan fingerprint density at radius 1 is 1.21 bits per heavy atom. The minimum Gasteiger partial charge on any atom is -0.398 e. The van der Waals surface area contributed by atoms with Crippen molar-refractivity contribution in [2.75, 3.05) is 12.3 Å². The highest BCUT2D eigenvalue weighted by Crippen LogP contribution is 2.34. The molecule has 0 saturated heterocycles. The van der Waals surface area contributed by atoms with E-state index in [2.05, 4.69) is 33.4 Å². The fraction of sp³-hybridized carbons (Fsp3) is 0.304. The van der Waals surface area contributed by atoms with Gasteiger partial charge in [0.25, 0.3) is 0 Å². The first kappa shape index (κ1) is 18.9. The van der Waals surface area contributed by atoms with Crippen molar-refractivity contribution in [1.29, 1.82) is 0 Å². The van der Waals surface area contributed by atoms with Gasteiger partial charge >= 0.3 is 0 Å². The Kier molecular flexibility index (Phi) is 5.62. The number of aromatic nitrogens is 1. The van der Waals surface area contributed by atoms with Crippen LogP contribution in [0.15, 0.2) is 53.0 Å². The molecule has 0 spiro atoms. The molecule has 1 aliphatic rings. The summed E-state index contributed by atoms with van der Waals surface area (Å²) in [6.07, 6.45) is 4.22. The lowest BCUT2D eigenvalue weighted by atomic mass is 9.84. The number of halogens is 1. The summed E-state index contributed by atoms with van der Waals surface area (Å²) in [5.74, 6) is 0.107. The lowest BCUT2D eigenvalue weighted by Crippen LogP contribution is -2.35. The Morgan fingerprint density at radius 3 is 2.86 bits per heavy atom. The molecule has 2 aromatic carbocycles. The zero-order valence-corrected chi connectivity index (χ0v) is 17.3. The van der Waals surface area contributed by atoms with Crippen LogP contribution in [-0.4, -0.2) is 17.4 Å². The van der Waals surface area contributed by atoms with Crippen LogP contribution in [0, 0.1) is 5.92 Å². The first-order chi connectivity index (χ1) is 13.6. The van der Waals surface area contributed by atoms with Crippen LogP contribution in [0.4, 0.5) is 5.69 Å². The molecule has 1 amide bonds. The highest BCUT2D eigenvalue weighted by Gasteiger charge is 2.27. The number of carbonyl (C=O) groups is 1. The Morgan fingerprint density at radius 2 is 2.04 bits per heavy atom. The molecule has 28 heavy (non-hydrogen) atoms. The van der Waals surface area contributed by atoms with E-state index < -0.39 is 0 Å². The van der Waals surface area contributed by atoms with Crippen molar-refractivity contribution in [1.82, 2.24) is 10.3 Å². The molecule has 3 aromatic rings. The van der Waals surface area contributed by atoms with Gasteiger partial charge in [-0.2, -0.15) is 0 Å². The van der Waals surface area contributed by atoms with E-state index >= 15 is 0 Å². The number of carbonyl (C=O) groups excluding carboxylic acids is 1. The first-order valence-electron chi connectivity index (χ1n) is 9.80. The molecule has 0 fully saturated rings. The van der Waals surface area contributed by atoms with Crippen LogP contribution in [0.3, 0.4) is 0 Å². The van der Waals surface area contributed by atoms with Crippen molar-refractivity contribution < 1.29 is 4.79 Å². The highest BCUT2D eigenvalue weighted by molar-refractivity contribution is 9.10. The molecular weight excluding hydrogens is 414 g/mol. The molecule has 0 aliphatic heterocycles. The van der Waals surface area contributed by atoms with Crippen LogP contribution in [0.1, 0.15) is 29.7 Å². The predicted octanol–water partition coefficient (Wildman–Crippen LogP) is 4.43. The molecule has 144 valence electrons. The minimum absolute atomic E-state index is 0.0266. The number of nitrogens with two attached hydrogens (primary N) is 1. The van der Waals surface area contributed by atoms with Crippen LogP contribution in [0.2, 0.25) is 0 Å². The molecule has 4 nitrogen and oxygen atoms in total. The lowest BCUT2D eigenvalue weighted by molar-refractivity contribution is -0.125. The average Bonchev–Trinajstić information content (AvgIpc) is 2.71. The third-order valence-electron chi connectivity index (χ3n) is 5.51. The number of nitrogens with zero attached hydrogens (tertiary/aromatic N) is 1. The second kappa shape index (κ2) is 8.31. The maximum Gasteiger partial charge on any atom is 0.223 e. The fourth-order valence-electron chi connectivity index (χ4n) is 3.97. The van der Waals surface area contributed by atoms with E-state index in [9.17, 15) is 4.79 Å². The number of fused-ring (bicyclic) bond motifs is 2. The molecule has 4 rings (SSSR count). The topological polar surface area (TPSA) is 68.0 Å². The number of pyridine rings is 1. The largest absolute Gasteiger partial charge is 0.398 e. The number of nitrogens with one attached hydrogen (secondary N) is 1. The number of anilines is 1. The van der Waals surface area contributed by atoms with Crippen molar-refractivity contribution in [2.45, 2.75) is 32.1 Å². The predicted molar refractivity (Wildman–Crippen MR) is 117 cm³/mol. The van der Waals surface area contributed by atoms with E-state index in [1.165, 1.54) is 5.56 Å². The summed E-state index contributed by atoms with van der Waals surface area (Å²) in [4.78, 5) is 17.5. The van der Waals surface area contributed by atoms with Gasteiger partial charge in [0.15, 0.2) is 0 Å². The second-order valence-corrected chi connectivity index (χ2v) is 8.35. The molecule has 1 unspecified atom stereocenters. The van der Waals surface area contributed by atoms with Crippen LogP contribution in [0.25, 0.3) is 10.9 Å². The normalized spacial score (nSPS) is 16.0. The van der Waals surface area contributed by atoms with Gasteiger partial charge in [0.2, 0.25) is 5.91 Å². The quantitative estimate of drug-likeness (QED) is 0.579. The summed E-state index contributed by atoms with van der Waals surface area (Å²) in [7, 11) is 0. The standard InChI is InChI=1S/C23H24BrN3O/c24-17-9-10-18-21(14-17)27-20-11-8-16(13-19(20)22(18)25)23(28)26-12-4-7-15-5-2-1-3-6-15/h1-3,5-6,9-10,14,16H,4,7-8,11-13H2,(H2,25,27)(H,26,28). The Balaban J connectivity index is 1.39. The van der Waals surface area contributed by atoms with E-state index in [-0.39, 0.29) is 11.8 Å². The maximum atomic E-state index is 12.7. The van der Waals surface area contributed by atoms with Crippen molar-refractivity contribution in [3.63, 3.8) is 0 Å². The van der Waals surface area contributed by atoms with Crippen LogP contribution in [-0.2, 0) is 24.1 Å². The van der Waals surface area contributed by atoms with Gasteiger partial charge in [0, 0.05) is 33.7 Å². The number of rotatable bonds is 5. The molecule has 1 aromatic heterocycles. The van der Waals surface area contributed by atoms with Crippen LogP contribution < -0.4 is 11.1 Å². The molecule has 1 heterocycles. The summed E-state index contributed by atoms with van der Waals surface area (Å²) in [5, 5.41) is 4.07. The summed E-state index contributed by atoms with van der Waals surface area (Å²) >= 11 is 3.49. The van der Waals surface area contributed by atoms with Gasteiger partial charge in [-0.05, 0) is 61.4 Å². The summed E-state index contributed by atoms with van der Waals surface area (Å²) < 4.78 is 0.996. The number of hydrogen-bond donors (Lipinski definition) is 2. The van der Waals surface area contributed by atoms with Gasteiger partial charge < -0.3 is 11.1 Å². The van der Waals surface area contributed by atoms with E-state index in [1.54, 1.807) is 0 Å². The van der Waals surface area contributed by atoms with Crippen LogP contribution in [0.5, 0.6) is 0 Å². The molecular formula is C23H24BrN3O. The number of amides is 1. The summed E-state index contributed by atoms with van der Waals surface area (Å²) in [5.41, 5.74) is 11.5. The summed E-state index contributed by atoms with van der Waals surface area (Å²) in [6.45, 7) is 0.705. The van der Waals surface area contributed by atoms with E-state index in [1.807, 2.05) is 36.4 Å². The highest BCUT2D eigenvalue weighted by atomic mass is 79.9. The van der Waals surface area contributed by atoms with Gasteiger partial charge in [0.1, 0.15) is 0 Å². The molecule has 1 atom stereocenters. The van der Waals surface area contributed by atoms with Gasteiger partial charge in [-0.25, -0.2) is 0 Å². The smallest absolute Gasteiger partial charge is 0.223 e. The van der Waals surface area contributed by atoms with Crippen molar-refractivity contribution >= 4 is 38.4 Å². The van der Waals surface area contributed by atoms with Crippen molar-refractivity contribution in [3.05, 3.63) is 69.8 Å². The Bertz CT molecular complexity index is 1000. The second-order valence-electron chi connectivity index (χ2n) is 7.43. The van der Waals surface area contributed by atoms with E-state index in [4.69, 9.17) is 10.7 Å². The Labute approximate surface area is 173 Å². The number of hydrogen-bond acceptors (Lipinski definition) is 3. The number of nitrogen functional groups attached to an aromatic ring is 1. The zero-order valence-electron chi connectivity index (χ0n) is 15.7. The number of benzene rings is 2. The number of aryl methyl sites for hydroxylation is 2. The minimum atomic E-state index is -0.0266. The zero-order chi connectivity index (χ0) is 19.5. The van der Waals surface area contributed by atoms with Crippen LogP contribution >= 0.6 is 15.9 Å². The van der Waals surface area contributed by atoms with E-state index in [0.717, 1.165) is 58.0 Å². The molecule has 0 radical (unpaired) electrons. The third-order valence-corrected chi connectivity index (χ3v) is 6.01. The summed E-state index contributed by atoms with van der Waals surface area (Å²) in [6, 6.07) is 16.3. The average molecular weight is 438 g/mol. The molecule has 0 saturated carbocycles. The van der Waals surface area contributed by atoms with E-state index in [0.29, 0.717) is 13.0 Å². The first-order valence-corrected chi connectivity index (χ1v) is 10.6. The monoisotopic (exact) mass is 437 g/mol. The molecule has 1 aliphatic carbocycles. The van der Waals surface area contributed by atoms with Gasteiger partial charge in [-0.15, -0.1) is 0 Å². The lowest BCUT2D eigenvalue weighted by Gasteiger charge is -2.25. The molecule has 5 heteroatoms. The Hall–Kier alpha value is -2.40. The van der Waals surface area contributed by atoms with Gasteiger partial charge in [-0.3, -0.25) is 9.78 Å². The molecule has 3 N–H and O–H groups in total. The SMILES string of the molecule is Nc1c2c(nc3cc(Br)ccc13)CCC(C(=O)NCCCc1ccccc1)C2.